The quantitative estimate of drug-likeness (QED) is 0.470. The number of carbonyl (C=O) groups is 2. The Morgan fingerprint density at radius 3 is 2.00 bits per heavy atom. The maximum Gasteiger partial charge on any atom is 0.366 e. The van der Waals surface area contributed by atoms with Crippen molar-refractivity contribution in [2.24, 2.45) is 0 Å². The lowest BCUT2D eigenvalue weighted by atomic mass is 10.1. The molecule has 0 saturated carbocycles. The molecule has 1 aliphatic rings. The summed E-state index contributed by atoms with van der Waals surface area (Å²) >= 11 is -0.211. The van der Waals surface area contributed by atoms with Crippen LogP contribution in [-0.2, 0) is 15.9 Å². The predicted molar refractivity (Wildman–Crippen MR) is 48.7 cm³/mol. The van der Waals surface area contributed by atoms with Gasteiger partial charge in [0, 0.05) is 0 Å². The maximum atomic E-state index is 11.3. The van der Waals surface area contributed by atoms with Crippen LogP contribution in [0, 0.1) is 0 Å². The number of hydrogen-bond donors (Lipinski definition) is 1. The zero-order valence-electron chi connectivity index (χ0n) is 7.67. The number of nitrogens with one attached hydrogen (secondary N) is 1. The first-order valence-electron chi connectivity index (χ1n) is 3.60. The van der Waals surface area contributed by atoms with E-state index in [-0.39, 0.29) is 23.0 Å². The van der Waals surface area contributed by atoms with E-state index in [0.29, 0.717) is 0 Å². The molecule has 0 bridgehead atoms. The van der Waals surface area contributed by atoms with Crippen LogP contribution in [0.2, 0.25) is 0 Å². The summed E-state index contributed by atoms with van der Waals surface area (Å²) in [6, 6.07) is -0.279. The summed E-state index contributed by atoms with van der Waals surface area (Å²) in [6.45, 7) is 3.50. The maximum absolute atomic E-state index is 11.3. The molecule has 68 valence electrons. The SMILES string of the molecule is C[S+](C)N1C(=O)NC(=O)C1(C)C. The summed E-state index contributed by atoms with van der Waals surface area (Å²) in [4.78, 5) is 22.5. The smallest absolute Gasteiger partial charge is 0.272 e. The van der Waals surface area contributed by atoms with E-state index in [0.717, 1.165) is 0 Å². The van der Waals surface area contributed by atoms with Crippen molar-refractivity contribution in [1.29, 1.82) is 0 Å². The Balaban J connectivity index is 2.99. The molecule has 5 heteroatoms. The van der Waals surface area contributed by atoms with Gasteiger partial charge in [0.25, 0.3) is 5.91 Å². The van der Waals surface area contributed by atoms with Crippen LogP contribution in [0.15, 0.2) is 0 Å². The minimum atomic E-state index is -0.691. The minimum absolute atomic E-state index is 0.211. The second-order valence-electron chi connectivity index (χ2n) is 3.39. The highest BCUT2D eigenvalue weighted by molar-refractivity contribution is 7.93. The molecule has 0 atom stereocenters. The summed E-state index contributed by atoms with van der Waals surface area (Å²) in [5.74, 6) is -0.214. The van der Waals surface area contributed by atoms with Gasteiger partial charge in [-0.1, -0.05) is 0 Å². The van der Waals surface area contributed by atoms with Crippen LogP contribution < -0.4 is 5.32 Å². The molecule has 0 unspecified atom stereocenters. The van der Waals surface area contributed by atoms with E-state index in [1.807, 2.05) is 12.5 Å². The Morgan fingerprint density at radius 1 is 1.33 bits per heavy atom. The summed E-state index contributed by atoms with van der Waals surface area (Å²) in [5, 5.41) is 2.29. The molecule has 3 amide bonds. The Kier molecular flexibility index (Phi) is 2.07. The number of urea groups is 1. The largest absolute Gasteiger partial charge is 0.366 e. The molecule has 1 rings (SSSR count). The Labute approximate surface area is 74.8 Å². The molecule has 0 aromatic heterocycles. The van der Waals surface area contributed by atoms with E-state index in [9.17, 15) is 9.59 Å². The topological polar surface area (TPSA) is 49.4 Å². The highest BCUT2D eigenvalue weighted by Gasteiger charge is 2.52. The van der Waals surface area contributed by atoms with Crippen molar-refractivity contribution < 1.29 is 9.59 Å². The second kappa shape index (κ2) is 2.65. The van der Waals surface area contributed by atoms with Gasteiger partial charge >= 0.3 is 6.03 Å². The van der Waals surface area contributed by atoms with E-state index in [1.54, 1.807) is 18.2 Å². The normalized spacial score (nSPS) is 21.9. The number of rotatable bonds is 1. The molecule has 1 aliphatic heterocycles. The molecule has 0 aliphatic carbocycles. The molecular weight excluding hydrogens is 176 g/mol. The van der Waals surface area contributed by atoms with Crippen molar-refractivity contribution in [3.8, 4) is 0 Å². The molecule has 0 aromatic carbocycles. The lowest BCUT2D eigenvalue weighted by molar-refractivity contribution is -0.123. The molecule has 1 N–H and O–H groups in total. The van der Waals surface area contributed by atoms with Crippen LogP contribution in [-0.4, -0.2) is 34.3 Å². The van der Waals surface area contributed by atoms with Gasteiger partial charge in [-0.15, -0.1) is 4.31 Å². The lowest BCUT2D eigenvalue weighted by Crippen LogP contribution is -2.46. The van der Waals surface area contributed by atoms with Gasteiger partial charge in [0.15, 0.2) is 5.54 Å². The molecule has 4 nitrogen and oxygen atoms in total. The van der Waals surface area contributed by atoms with Crippen LogP contribution in [0.1, 0.15) is 13.8 Å². The van der Waals surface area contributed by atoms with Crippen LogP contribution in [0.4, 0.5) is 4.79 Å². The molecule has 1 heterocycles. The average Bonchev–Trinajstić information content (AvgIpc) is 2.02. The van der Waals surface area contributed by atoms with E-state index in [1.165, 1.54) is 0 Å². The van der Waals surface area contributed by atoms with Gasteiger partial charge in [-0.05, 0) is 13.8 Å². The first kappa shape index (κ1) is 9.38. The zero-order chi connectivity index (χ0) is 9.52. The first-order chi connectivity index (χ1) is 5.37. The zero-order valence-corrected chi connectivity index (χ0v) is 8.49. The molecule has 0 radical (unpaired) electrons. The standard InChI is InChI=1S/C7H12N2O2S/c1-7(2)5(10)8-6(11)9(7)12(3)4/h1-4H3/p+1. The lowest BCUT2D eigenvalue weighted by Gasteiger charge is -2.22. The van der Waals surface area contributed by atoms with Gasteiger partial charge in [0.05, 0.1) is 0 Å². The Bertz CT molecular complexity index is 238. The van der Waals surface area contributed by atoms with Gasteiger partial charge in [0.2, 0.25) is 0 Å². The number of carbonyl (C=O) groups excluding carboxylic acids is 2. The molecule has 0 spiro atoms. The molecule has 0 aromatic rings. The summed E-state index contributed by atoms with van der Waals surface area (Å²) in [7, 11) is 0. The third-order valence-corrected chi connectivity index (χ3v) is 3.19. The third-order valence-electron chi connectivity index (χ3n) is 1.83. The summed E-state index contributed by atoms with van der Waals surface area (Å²) in [5.41, 5.74) is -0.691. The number of hydrogen-bond acceptors (Lipinski definition) is 2. The fraction of sp³-hybridized carbons (Fsp3) is 0.714. The van der Waals surface area contributed by atoms with E-state index in [4.69, 9.17) is 0 Å². The first-order valence-corrected chi connectivity index (χ1v) is 5.60. The molecular formula is C7H13N2O2S+. The van der Waals surface area contributed by atoms with Gasteiger partial charge < -0.3 is 0 Å². The minimum Gasteiger partial charge on any atom is -0.272 e. The van der Waals surface area contributed by atoms with E-state index in [2.05, 4.69) is 5.32 Å². The molecule has 12 heavy (non-hydrogen) atoms. The van der Waals surface area contributed by atoms with Gasteiger partial charge in [-0.25, -0.2) is 4.79 Å². The molecule has 1 saturated heterocycles. The highest BCUT2D eigenvalue weighted by Crippen LogP contribution is 2.23. The van der Waals surface area contributed by atoms with Crippen molar-refractivity contribution in [2.75, 3.05) is 12.5 Å². The van der Waals surface area contributed by atoms with Crippen LogP contribution in [0.3, 0.4) is 0 Å². The van der Waals surface area contributed by atoms with Crippen LogP contribution in [0.5, 0.6) is 0 Å². The summed E-state index contributed by atoms with van der Waals surface area (Å²) in [6.07, 6.45) is 3.83. The Hall–Kier alpha value is -0.710. The van der Waals surface area contributed by atoms with Crippen molar-refractivity contribution in [1.82, 2.24) is 9.62 Å². The van der Waals surface area contributed by atoms with E-state index >= 15 is 0 Å². The Morgan fingerprint density at radius 2 is 1.83 bits per heavy atom. The average molecular weight is 189 g/mol. The van der Waals surface area contributed by atoms with Crippen molar-refractivity contribution in [3.05, 3.63) is 0 Å². The van der Waals surface area contributed by atoms with Gasteiger partial charge in [0.1, 0.15) is 23.6 Å². The number of amides is 3. The monoisotopic (exact) mass is 189 g/mol. The van der Waals surface area contributed by atoms with Crippen molar-refractivity contribution >= 4 is 23.0 Å². The second-order valence-corrected chi connectivity index (χ2v) is 5.30. The highest BCUT2D eigenvalue weighted by atomic mass is 32.2. The van der Waals surface area contributed by atoms with Crippen LogP contribution in [0.25, 0.3) is 0 Å². The van der Waals surface area contributed by atoms with Crippen molar-refractivity contribution in [2.45, 2.75) is 19.4 Å². The van der Waals surface area contributed by atoms with E-state index < -0.39 is 5.54 Å². The fourth-order valence-corrected chi connectivity index (χ4v) is 2.64. The number of imide groups is 1. The van der Waals surface area contributed by atoms with Gasteiger partial charge in [-0.2, -0.15) is 0 Å². The van der Waals surface area contributed by atoms with Crippen LogP contribution >= 0.6 is 0 Å². The molecule has 1 fully saturated rings. The predicted octanol–water partition coefficient (Wildman–Crippen LogP) is 0.110. The third kappa shape index (κ3) is 1.18. The van der Waals surface area contributed by atoms with Gasteiger partial charge in [-0.3, -0.25) is 10.1 Å². The fourth-order valence-electron chi connectivity index (χ4n) is 1.27. The van der Waals surface area contributed by atoms with Crippen molar-refractivity contribution in [3.63, 3.8) is 0 Å². The number of nitrogens with zero attached hydrogens (tertiary/aromatic N) is 1. The summed E-state index contributed by atoms with van der Waals surface area (Å²) < 4.78 is 1.58.